The molecule has 112 valence electrons. The van der Waals surface area contributed by atoms with E-state index in [-0.39, 0.29) is 11.9 Å². The average molecular weight is 272 g/mol. The van der Waals surface area contributed by atoms with Crippen molar-refractivity contribution >= 4 is 5.91 Å². The van der Waals surface area contributed by atoms with Gasteiger partial charge in [0, 0.05) is 52.4 Å². The van der Waals surface area contributed by atoms with Gasteiger partial charge in [0.05, 0.1) is 13.2 Å². The van der Waals surface area contributed by atoms with E-state index in [1.807, 2.05) is 14.0 Å². The molecule has 2 N–H and O–H groups in total. The fourth-order valence-electron chi connectivity index (χ4n) is 2.18. The highest BCUT2D eigenvalue weighted by Gasteiger charge is 2.12. The van der Waals surface area contributed by atoms with E-state index in [2.05, 4.69) is 20.4 Å². The molecule has 0 aromatic heterocycles. The standard InChI is InChI=1S/C13H28N4O2/c1-12(11-19-3)15-13(18)10-16(2)8-9-17-6-4-14-5-7-17/h12,14H,4-11H2,1-3H3,(H,15,18). The monoisotopic (exact) mass is 272 g/mol. The maximum Gasteiger partial charge on any atom is 0.234 e. The zero-order valence-electron chi connectivity index (χ0n) is 12.4. The van der Waals surface area contributed by atoms with Gasteiger partial charge >= 0.3 is 0 Å². The molecule has 1 aliphatic rings. The molecule has 0 spiro atoms. The summed E-state index contributed by atoms with van der Waals surface area (Å²) in [5.41, 5.74) is 0. The van der Waals surface area contributed by atoms with Crippen LogP contribution >= 0.6 is 0 Å². The summed E-state index contributed by atoms with van der Waals surface area (Å²) in [5.74, 6) is 0.0624. The van der Waals surface area contributed by atoms with Crippen LogP contribution in [0.3, 0.4) is 0 Å². The Bertz CT molecular complexity index is 257. The molecule has 6 heteroatoms. The first-order valence-corrected chi connectivity index (χ1v) is 7.01. The van der Waals surface area contributed by atoms with Crippen molar-refractivity contribution in [3.63, 3.8) is 0 Å². The van der Waals surface area contributed by atoms with E-state index in [0.717, 1.165) is 39.3 Å². The molecule has 0 aromatic carbocycles. The van der Waals surface area contributed by atoms with Crippen molar-refractivity contribution in [3.05, 3.63) is 0 Å². The summed E-state index contributed by atoms with van der Waals surface area (Å²) in [5, 5.41) is 6.26. The quantitative estimate of drug-likeness (QED) is 0.592. The van der Waals surface area contributed by atoms with Crippen molar-refractivity contribution < 1.29 is 9.53 Å². The first-order valence-electron chi connectivity index (χ1n) is 7.01. The number of carbonyl (C=O) groups excluding carboxylic acids is 1. The number of likely N-dealkylation sites (N-methyl/N-ethyl adjacent to an activating group) is 1. The number of carbonyl (C=O) groups is 1. The Labute approximate surface area is 116 Å². The van der Waals surface area contributed by atoms with Gasteiger partial charge in [0.2, 0.25) is 5.91 Å². The summed E-state index contributed by atoms with van der Waals surface area (Å²) in [7, 11) is 3.63. The summed E-state index contributed by atoms with van der Waals surface area (Å²) in [4.78, 5) is 16.3. The van der Waals surface area contributed by atoms with Crippen LogP contribution in [0.25, 0.3) is 0 Å². The van der Waals surface area contributed by atoms with E-state index < -0.39 is 0 Å². The van der Waals surface area contributed by atoms with Crippen LogP contribution < -0.4 is 10.6 Å². The normalized spacial score (nSPS) is 18.5. The number of rotatable bonds is 8. The first-order chi connectivity index (χ1) is 9.11. The minimum Gasteiger partial charge on any atom is -0.383 e. The molecule has 1 heterocycles. The van der Waals surface area contributed by atoms with Crippen molar-refractivity contribution in [2.45, 2.75) is 13.0 Å². The van der Waals surface area contributed by atoms with Crippen molar-refractivity contribution in [3.8, 4) is 0 Å². The maximum absolute atomic E-state index is 11.8. The van der Waals surface area contributed by atoms with Gasteiger partial charge in [0.1, 0.15) is 0 Å². The summed E-state index contributed by atoms with van der Waals surface area (Å²) >= 11 is 0. The highest BCUT2D eigenvalue weighted by molar-refractivity contribution is 5.78. The Morgan fingerprint density at radius 3 is 2.79 bits per heavy atom. The lowest BCUT2D eigenvalue weighted by Gasteiger charge is -2.29. The number of ether oxygens (including phenoxy) is 1. The van der Waals surface area contributed by atoms with Crippen LogP contribution in [0.5, 0.6) is 0 Å². The summed E-state index contributed by atoms with van der Waals surface area (Å²) in [6.45, 7) is 9.23. The SMILES string of the molecule is COCC(C)NC(=O)CN(C)CCN1CCNCC1. The molecule has 6 nitrogen and oxygen atoms in total. The third-order valence-electron chi connectivity index (χ3n) is 3.25. The molecule has 1 saturated heterocycles. The van der Waals surface area contributed by atoms with Crippen LogP contribution in [0, 0.1) is 0 Å². The Hall–Kier alpha value is -0.690. The molecule has 1 fully saturated rings. The van der Waals surface area contributed by atoms with Gasteiger partial charge in [-0.3, -0.25) is 14.6 Å². The topological polar surface area (TPSA) is 56.8 Å². The first kappa shape index (κ1) is 16.4. The third kappa shape index (κ3) is 7.47. The number of piperazine rings is 1. The predicted molar refractivity (Wildman–Crippen MR) is 76.3 cm³/mol. The predicted octanol–water partition coefficient (Wildman–Crippen LogP) is -1.03. The van der Waals surface area contributed by atoms with Crippen LogP contribution in [0.15, 0.2) is 0 Å². The van der Waals surface area contributed by atoms with E-state index in [9.17, 15) is 4.79 Å². The maximum atomic E-state index is 11.8. The fourth-order valence-corrected chi connectivity index (χ4v) is 2.18. The van der Waals surface area contributed by atoms with Crippen LogP contribution in [-0.4, -0.2) is 88.3 Å². The van der Waals surface area contributed by atoms with Gasteiger partial charge < -0.3 is 15.4 Å². The van der Waals surface area contributed by atoms with Gasteiger partial charge in [-0.1, -0.05) is 0 Å². The Balaban J connectivity index is 2.11. The molecule has 1 atom stereocenters. The number of amides is 1. The highest BCUT2D eigenvalue weighted by atomic mass is 16.5. The lowest BCUT2D eigenvalue weighted by atomic mass is 10.3. The zero-order valence-corrected chi connectivity index (χ0v) is 12.4. The summed E-state index contributed by atoms with van der Waals surface area (Å²) in [6, 6.07) is 0.0686. The molecular formula is C13H28N4O2. The van der Waals surface area contributed by atoms with Gasteiger partial charge in [-0.2, -0.15) is 0 Å². The number of hydrogen-bond donors (Lipinski definition) is 2. The van der Waals surface area contributed by atoms with Crippen molar-refractivity contribution in [1.29, 1.82) is 0 Å². The second-order valence-corrected chi connectivity index (χ2v) is 5.25. The smallest absolute Gasteiger partial charge is 0.234 e. The number of methoxy groups -OCH3 is 1. The minimum absolute atomic E-state index is 0.0624. The van der Waals surface area contributed by atoms with Gasteiger partial charge in [-0.15, -0.1) is 0 Å². The van der Waals surface area contributed by atoms with Crippen LogP contribution in [0.4, 0.5) is 0 Å². The van der Waals surface area contributed by atoms with E-state index in [1.165, 1.54) is 0 Å². The molecule has 19 heavy (non-hydrogen) atoms. The van der Waals surface area contributed by atoms with Crippen LogP contribution in [0.1, 0.15) is 6.92 Å². The van der Waals surface area contributed by atoms with Crippen LogP contribution in [0.2, 0.25) is 0 Å². The van der Waals surface area contributed by atoms with Crippen molar-refractivity contribution in [1.82, 2.24) is 20.4 Å². The minimum atomic E-state index is 0.0624. The Kier molecular flexibility index (Phi) is 7.97. The molecule has 0 bridgehead atoms. The van der Waals surface area contributed by atoms with E-state index >= 15 is 0 Å². The summed E-state index contributed by atoms with van der Waals surface area (Å²) in [6.07, 6.45) is 0. The van der Waals surface area contributed by atoms with Gasteiger partial charge in [0.15, 0.2) is 0 Å². The zero-order chi connectivity index (χ0) is 14.1. The van der Waals surface area contributed by atoms with Crippen molar-refractivity contribution in [2.75, 3.05) is 66.6 Å². The van der Waals surface area contributed by atoms with Gasteiger partial charge in [-0.05, 0) is 14.0 Å². The van der Waals surface area contributed by atoms with Crippen molar-refractivity contribution in [2.24, 2.45) is 0 Å². The Morgan fingerprint density at radius 2 is 2.16 bits per heavy atom. The Morgan fingerprint density at radius 1 is 1.47 bits per heavy atom. The third-order valence-corrected chi connectivity index (χ3v) is 3.25. The van der Waals surface area contributed by atoms with Gasteiger partial charge in [0.25, 0.3) is 0 Å². The second kappa shape index (κ2) is 9.25. The lowest BCUT2D eigenvalue weighted by Crippen LogP contribution is -2.47. The molecule has 0 radical (unpaired) electrons. The molecule has 0 saturated carbocycles. The summed E-state index contributed by atoms with van der Waals surface area (Å²) < 4.78 is 5.00. The molecule has 1 aliphatic heterocycles. The molecule has 1 rings (SSSR count). The molecule has 0 aromatic rings. The second-order valence-electron chi connectivity index (χ2n) is 5.25. The number of hydrogen-bond acceptors (Lipinski definition) is 5. The number of nitrogens with zero attached hydrogens (tertiary/aromatic N) is 2. The molecule has 1 amide bonds. The van der Waals surface area contributed by atoms with E-state index in [1.54, 1.807) is 7.11 Å². The largest absolute Gasteiger partial charge is 0.383 e. The highest BCUT2D eigenvalue weighted by Crippen LogP contribution is 1.93. The molecule has 1 unspecified atom stereocenters. The molecular weight excluding hydrogens is 244 g/mol. The van der Waals surface area contributed by atoms with E-state index in [0.29, 0.717) is 13.2 Å². The average Bonchev–Trinajstić information content (AvgIpc) is 2.37. The molecule has 0 aliphatic carbocycles. The van der Waals surface area contributed by atoms with Gasteiger partial charge in [-0.25, -0.2) is 0 Å². The number of nitrogens with one attached hydrogen (secondary N) is 2. The fraction of sp³-hybridized carbons (Fsp3) is 0.923. The lowest BCUT2D eigenvalue weighted by molar-refractivity contribution is -0.122. The van der Waals surface area contributed by atoms with E-state index in [4.69, 9.17) is 4.74 Å². The van der Waals surface area contributed by atoms with Crippen LogP contribution in [-0.2, 0) is 9.53 Å².